The van der Waals surface area contributed by atoms with Gasteiger partial charge in [-0.2, -0.15) is 0 Å². The number of hydrogen-bond acceptors (Lipinski definition) is 3. The zero-order valence-corrected chi connectivity index (χ0v) is 9.18. The summed E-state index contributed by atoms with van der Waals surface area (Å²) in [6.07, 6.45) is 0. The molecule has 0 bridgehead atoms. The first-order valence-corrected chi connectivity index (χ1v) is 5.06. The van der Waals surface area contributed by atoms with Gasteiger partial charge in [-0.3, -0.25) is 0 Å². The van der Waals surface area contributed by atoms with Gasteiger partial charge in [0.25, 0.3) is 0 Å². The third-order valence-corrected chi connectivity index (χ3v) is 2.33. The lowest BCUT2D eigenvalue weighted by molar-refractivity contribution is 0.519. The molecule has 16 heavy (non-hydrogen) atoms. The average molecular weight is 220 g/mol. The predicted octanol–water partition coefficient (Wildman–Crippen LogP) is 2.25. The lowest BCUT2D eigenvalue weighted by Gasteiger charge is -2.09. The Bertz CT molecular complexity index is 487. The molecule has 84 valence electrons. The second-order valence-electron chi connectivity index (χ2n) is 3.87. The van der Waals surface area contributed by atoms with E-state index in [-0.39, 0.29) is 11.9 Å². The molecular weight excluding hydrogens is 207 g/mol. The third-order valence-electron chi connectivity index (χ3n) is 2.33. The normalized spacial score (nSPS) is 11.0. The fourth-order valence-electron chi connectivity index (χ4n) is 1.56. The summed E-state index contributed by atoms with van der Waals surface area (Å²) in [6, 6.07) is 6.29. The van der Waals surface area contributed by atoms with Gasteiger partial charge >= 0.3 is 0 Å². The molecule has 2 aromatic rings. The van der Waals surface area contributed by atoms with Crippen LogP contribution in [-0.4, -0.2) is 15.0 Å². The molecule has 1 aromatic heterocycles. The summed E-state index contributed by atoms with van der Waals surface area (Å²) in [4.78, 5) is 0. The summed E-state index contributed by atoms with van der Waals surface area (Å²) >= 11 is 0. The van der Waals surface area contributed by atoms with Crippen molar-refractivity contribution in [1.29, 1.82) is 0 Å². The molecule has 2 N–H and O–H groups in total. The summed E-state index contributed by atoms with van der Waals surface area (Å²) < 4.78 is 14.5. The number of nitrogens with two attached hydrogens (primary N) is 1. The lowest BCUT2D eigenvalue weighted by atomic mass is 10.1. The van der Waals surface area contributed by atoms with E-state index < -0.39 is 0 Å². The van der Waals surface area contributed by atoms with Gasteiger partial charge < -0.3 is 5.73 Å². The minimum Gasteiger partial charge on any atom is -0.380 e. The van der Waals surface area contributed by atoms with Crippen molar-refractivity contribution >= 4 is 5.82 Å². The van der Waals surface area contributed by atoms with E-state index >= 15 is 0 Å². The van der Waals surface area contributed by atoms with E-state index in [4.69, 9.17) is 5.73 Å². The molecule has 5 heteroatoms. The Morgan fingerprint density at radius 1 is 1.25 bits per heavy atom. The fraction of sp³-hybridized carbons (Fsp3) is 0.273. The highest BCUT2D eigenvalue weighted by atomic mass is 19.1. The van der Waals surface area contributed by atoms with Gasteiger partial charge in [0.05, 0.1) is 0 Å². The lowest BCUT2D eigenvalue weighted by Crippen LogP contribution is -2.05. The average Bonchev–Trinajstić information content (AvgIpc) is 2.62. The highest BCUT2D eigenvalue weighted by molar-refractivity contribution is 5.69. The van der Waals surface area contributed by atoms with Crippen molar-refractivity contribution in [2.75, 3.05) is 5.73 Å². The summed E-state index contributed by atoms with van der Waals surface area (Å²) in [5.41, 5.74) is 7.31. The molecule has 0 aliphatic heterocycles. The topological polar surface area (TPSA) is 56.7 Å². The van der Waals surface area contributed by atoms with Gasteiger partial charge in [0.15, 0.2) is 5.82 Å². The number of nitrogen functional groups attached to an aromatic ring is 1. The molecule has 1 aromatic carbocycles. The number of benzene rings is 1. The number of aromatic nitrogens is 3. The summed E-state index contributed by atoms with van der Waals surface area (Å²) in [7, 11) is 0. The van der Waals surface area contributed by atoms with Crippen LogP contribution >= 0.6 is 0 Å². The van der Waals surface area contributed by atoms with Gasteiger partial charge in [-0.1, -0.05) is 5.21 Å². The van der Waals surface area contributed by atoms with Gasteiger partial charge in [0.1, 0.15) is 11.5 Å². The maximum absolute atomic E-state index is 12.8. The Hall–Kier alpha value is -1.91. The van der Waals surface area contributed by atoms with Crippen molar-refractivity contribution in [3.63, 3.8) is 0 Å². The Morgan fingerprint density at radius 2 is 1.88 bits per heavy atom. The van der Waals surface area contributed by atoms with E-state index in [9.17, 15) is 4.39 Å². The molecule has 1 heterocycles. The molecule has 0 saturated heterocycles. The maximum Gasteiger partial charge on any atom is 0.174 e. The largest absolute Gasteiger partial charge is 0.380 e. The monoisotopic (exact) mass is 220 g/mol. The van der Waals surface area contributed by atoms with Crippen LogP contribution in [0, 0.1) is 5.82 Å². The van der Waals surface area contributed by atoms with Crippen LogP contribution in [0.2, 0.25) is 0 Å². The molecule has 0 atom stereocenters. The Labute approximate surface area is 92.9 Å². The SMILES string of the molecule is CC(C)n1nnc(N)c1-c1ccc(F)cc1. The number of anilines is 1. The van der Waals surface area contributed by atoms with Crippen LogP contribution in [0.5, 0.6) is 0 Å². The minimum absolute atomic E-state index is 0.157. The minimum atomic E-state index is -0.272. The molecule has 0 radical (unpaired) electrons. The van der Waals surface area contributed by atoms with Crippen LogP contribution in [0.25, 0.3) is 11.3 Å². The van der Waals surface area contributed by atoms with Crippen LogP contribution in [0.15, 0.2) is 24.3 Å². The van der Waals surface area contributed by atoms with E-state index in [2.05, 4.69) is 10.3 Å². The standard InChI is InChI=1S/C11H13FN4/c1-7(2)16-10(11(13)14-15-16)8-3-5-9(12)6-4-8/h3-7H,13H2,1-2H3. The van der Waals surface area contributed by atoms with Crippen LogP contribution in [0.4, 0.5) is 10.2 Å². The number of rotatable bonds is 2. The summed E-state index contributed by atoms with van der Waals surface area (Å²) in [5.74, 6) is 0.0891. The van der Waals surface area contributed by atoms with Crippen LogP contribution in [0.1, 0.15) is 19.9 Å². The second kappa shape index (κ2) is 3.92. The predicted molar refractivity (Wildman–Crippen MR) is 60.2 cm³/mol. The van der Waals surface area contributed by atoms with Crippen LogP contribution in [0.3, 0.4) is 0 Å². The molecule has 0 spiro atoms. The number of nitrogens with zero attached hydrogens (tertiary/aromatic N) is 3. The van der Waals surface area contributed by atoms with Crippen molar-refractivity contribution in [3.05, 3.63) is 30.1 Å². The molecule has 0 saturated carbocycles. The number of halogens is 1. The quantitative estimate of drug-likeness (QED) is 0.844. The van der Waals surface area contributed by atoms with Crippen molar-refractivity contribution < 1.29 is 4.39 Å². The Morgan fingerprint density at radius 3 is 2.44 bits per heavy atom. The zero-order valence-electron chi connectivity index (χ0n) is 9.18. The van der Waals surface area contributed by atoms with Crippen molar-refractivity contribution in [1.82, 2.24) is 15.0 Å². The van der Waals surface area contributed by atoms with Gasteiger partial charge in [0.2, 0.25) is 0 Å². The summed E-state index contributed by atoms with van der Waals surface area (Å²) in [6.45, 7) is 3.97. The smallest absolute Gasteiger partial charge is 0.174 e. The van der Waals surface area contributed by atoms with Crippen LogP contribution in [-0.2, 0) is 0 Å². The molecular formula is C11H13FN4. The molecule has 0 aliphatic carbocycles. The molecule has 0 unspecified atom stereocenters. The number of hydrogen-bond donors (Lipinski definition) is 1. The van der Waals surface area contributed by atoms with E-state index in [1.807, 2.05) is 13.8 Å². The van der Waals surface area contributed by atoms with E-state index in [0.29, 0.717) is 5.82 Å². The second-order valence-corrected chi connectivity index (χ2v) is 3.87. The Balaban J connectivity index is 2.54. The molecule has 0 aliphatic rings. The van der Waals surface area contributed by atoms with E-state index in [1.165, 1.54) is 12.1 Å². The Kier molecular flexibility index (Phi) is 2.60. The highest BCUT2D eigenvalue weighted by Gasteiger charge is 2.14. The van der Waals surface area contributed by atoms with Crippen molar-refractivity contribution in [2.45, 2.75) is 19.9 Å². The third kappa shape index (κ3) is 1.76. The molecule has 0 amide bonds. The van der Waals surface area contributed by atoms with E-state index in [1.54, 1.807) is 16.8 Å². The first-order chi connectivity index (χ1) is 7.59. The summed E-state index contributed by atoms with van der Waals surface area (Å²) in [5, 5.41) is 7.80. The van der Waals surface area contributed by atoms with Gasteiger partial charge in [-0.15, -0.1) is 5.10 Å². The van der Waals surface area contributed by atoms with Gasteiger partial charge in [-0.25, -0.2) is 9.07 Å². The zero-order chi connectivity index (χ0) is 11.7. The van der Waals surface area contributed by atoms with E-state index in [0.717, 1.165) is 11.3 Å². The molecule has 0 fully saturated rings. The molecule has 4 nitrogen and oxygen atoms in total. The van der Waals surface area contributed by atoms with Crippen molar-refractivity contribution in [2.24, 2.45) is 0 Å². The van der Waals surface area contributed by atoms with Gasteiger partial charge in [0, 0.05) is 11.6 Å². The fourth-order valence-corrected chi connectivity index (χ4v) is 1.56. The highest BCUT2D eigenvalue weighted by Crippen LogP contribution is 2.26. The van der Waals surface area contributed by atoms with Crippen molar-refractivity contribution in [3.8, 4) is 11.3 Å². The first kappa shape index (κ1) is 10.6. The molecule has 2 rings (SSSR count). The maximum atomic E-state index is 12.8. The first-order valence-electron chi connectivity index (χ1n) is 5.06. The van der Waals surface area contributed by atoms with Gasteiger partial charge in [-0.05, 0) is 38.1 Å². The van der Waals surface area contributed by atoms with Crippen LogP contribution < -0.4 is 5.73 Å².